The smallest absolute Gasteiger partial charge is 0.335 e. The van der Waals surface area contributed by atoms with Crippen molar-refractivity contribution >= 4 is 11.7 Å². The number of para-hydroxylation sites is 2. The molecule has 0 spiro atoms. The number of carboxylic acid groups (broad SMARTS) is 1. The zero-order valence-electron chi connectivity index (χ0n) is 10.4. The lowest BCUT2D eigenvalue weighted by atomic mass is 10.1. The maximum atomic E-state index is 10.8. The van der Waals surface area contributed by atoms with E-state index in [0.717, 1.165) is 5.56 Å². The van der Waals surface area contributed by atoms with Crippen LogP contribution in [0.15, 0.2) is 48.5 Å². The van der Waals surface area contributed by atoms with Crippen LogP contribution in [0.4, 0.5) is 5.69 Å². The first-order valence-electron chi connectivity index (χ1n) is 5.76. The molecule has 6 heteroatoms. The van der Waals surface area contributed by atoms with Crippen molar-refractivity contribution in [1.82, 2.24) is 0 Å². The third kappa shape index (κ3) is 3.11. The highest BCUT2D eigenvalue weighted by molar-refractivity contribution is 5.87. The normalized spacial score (nSPS) is 10.0. The topological polar surface area (TPSA) is 89.7 Å². The number of hydrogen-bond acceptors (Lipinski definition) is 4. The van der Waals surface area contributed by atoms with Crippen LogP contribution in [0, 0.1) is 10.1 Å². The quantitative estimate of drug-likeness (QED) is 0.668. The molecule has 0 saturated heterocycles. The van der Waals surface area contributed by atoms with E-state index >= 15 is 0 Å². The molecule has 0 aromatic heterocycles. The molecule has 0 radical (unpaired) electrons. The molecule has 2 aromatic carbocycles. The summed E-state index contributed by atoms with van der Waals surface area (Å²) < 4.78 is 5.40. The number of nitro groups is 1. The van der Waals surface area contributed by atoms with E-state index < -0.39 is 10.9 Å². The van der Waals surface area contributed by atoms with E-state index in [1.54, 1.807) is 24.3 Å². The van der Waals surface area contributed by atoms with Crippen LogP contribution < -0.4 is 4.74 Å². The van der Waals surface area contributed by atoms with Crippen molar-refractivity contribution < 1.29 is 19.6 Å². The lowest BCUT2D eigenvalue weighted by Gasteiger charge is -2.06. The Kier molecular flexibility index (Phi) is 3.95. The zero-order valence-corrected chi connectivity index (χ0v) is 10.4. The number of hydrogen-bond donors (Lipinski definition) is 1. The Morgan fingerprint density at radius 3 is 2.40 bits per heavy atom. The summed E-state index contributed by atoms with van der Waals surface area (Å²) in [5.41, 5.74) is 0.808. The van der Waals surface area contributed by atoms with Gasteiger partial charge in [0.15, 0.2) is 5.75 Å². The number of carboxylic acids is 1. The fourth-order valence-corrected chi connectivity index (χ4v) is 1.63. The SMILES string of the molecule is O=C(O)c1ccc(COc2ccccc2[N+](=O)[O-])cc1. The first-order chi connectivity index (χ1) is 9.58. The van der Waals surface area contributed by atoms with Gasteiger partial charge in [0.25, 0.3) is 0 Å². The molecular formula is C14H11NO5. The van der Waals surface area contributed by atoms with Gasteiger partial charge >= 0.3 is 11.7 Å². The Morgan fingerprint density at radius 1 is 1.15 bits per heavy atom. The molecular weight excluding hydrogens is 262 g/mol. The van der Waals surface area contributed by atoms with Gasteiger partial charge in [0.1, 0.15) is 6.61 Å². The molecule has 2 aromatic rings. The second-order valence-electron chi connectivity index (χ2n) is 4.02. The molecule has 0 saturated carbocycles. The second kappa shape index (κ2) is 5.83. The van der Waals surface area contributed by atoms with Crippen LogP contribution in [0.5, 0.6) is 5.75 Å². The average molecular weight is 273 g/mol. The van der Waals surface area contributed by atoms with Crippen LogP contribution in [0.25, 0.3) is 0 Å². The van der Waals surface area contributed by atoms with Crippen LogP contribution in [-0.2, 0) is 6.61 Å². The molecule has 102 valence electrons. The first kappa shape index (κ1) is 13.5. The van der Waals surface area contributed by atoms with Gasteiger partial charge < -0.3 is 9.84 Å². The van der Waals surface area contributed by atoms with Crippen molar-refractivity contribution in [3.8, 4) is 5.75 Å². The standard InChI is InChI=1S/C14H11NO5/c16-14(17)11-7-5-10(6-8-11)9-20-13-4-2-1-3-12(13)15(18)19/h1-8H,9H2,(H,16,17). The Bertz CT molecular complexity index is 636. The van der Waals surface area contributed by atoms with Gasteiger partial charge in [-0.1, -0.05) is 24.3 Å². The van der Waals surface area contributed by atoms with E-state index in [9.17, 15) is 14.9 Å². The minimum atomic E-state index is -1.00. The van der Waals surface area contributed by atoms with Crippen molar-refractivity contribution in [3.63, 3.8) is 0 Å². The summed E-state index contributed by atoms with van der Waals surface area (Å²) in [6, 6.07) is 12.2. The van der Waals surface area contributed by atoms with Crippen molar-refractivity contribution in [3.05, 3.63) is 69.8 Å². The minimum Gasteiger partial charge on any atom is -0.482 e. The molecule has 0 aliphatic rings. The summed E-state index contributed by atoms with van der Waals surface area (Å²) in [5.74, 6) is -0.823. The zero-order chi connectivity index (χ0) is 14.5. The van der Waals surface area contributed by atoms with E-state index in [2.05, 4.69) is 0 Å². The van der Waals surface area contributed by atoms with Gasteiger partial charge in [-0.3, -0.25) is 10.1 Å². The van der Waals surface area contributed by atoms with E-state index in [4.69, 9.17) is 9.84 Å². The summed E-state index contributed by atoms with van der Waals surface area (Å²) in [4.78, 5) is 21.0. The van der Waals surface area contributed by atoms with Gasteiger partial charge in [-0.25, -0.2) is 4.79 Å². The van der Waals surface area contributed by atoms with Gasteiger partial charge in [0.05, 0.1) is 10.5 Å². The lowest BCUT2D eigenvalue weighted by molar-refractivity contribution is -0.385. The maximum absolute atomic E-state index is 10.8. The summed E-state index contributed by atoms with van der Waals surface area (Å²) in [6.07, 6.45) is 0. The molecule has 0 unspecified atom stereocenters. The predicted octanol–water partition coefficient (Wildman–Crippen LogP) is 2.87. The van der Waals surface area contributed by atoms with Crippen molar-refractivity contribution in [2.45, 2.75) is 6.61 Å². The number of nitro benzene ring substituents is 1. The number of carbonyl (C=O) groups is 1. The Labute approximate surface area is 114 Å². The molecule has 0 aliphatic heterocycles. The van der Waals surface area contributed by atoms with E-state index in [-0.39, 0.29) is 23.6 Å². The number of benzene rings is 2. The molecule has 20 heavy (non-hydrogen) atoms. The number of rotatable bonds is 5. The molecule has 0 amide bonds. The lowest BCUT2D eigenvalue weighted by Crippen LogP contribution is -2.00. The summed E-state index contributed by atoms with van der Waals surface area (Å²) in [6.45, 7) is 0.130. The molecule has 2 rings (SSSR count). The Balaban J connectivity index is 2.09. The first-order valence-corrected chi connectivity index (χ1v) is 5.76. The predicted molar refractivity (Wildman–Crippen MR) is 70.8 cm³/mol. The van der Waals surface area contributed by atoms with Gasteiger partial charge in [-0.2, -0.15) is 0 Å². The molecule has 0 atom stereocenters. The Morgan fingerprint density at radius 2 is 1.80 bits per heavy atom. The average Bonchev–Trinajstić information content (AvgIpc) is 2.45. The van der Waals surface area contributed by atoms with Crippen LogP contribution in [-0.4, -0.2) is 16.0 Å². The molecule has 0 bridgehead atoms. The van der Waals surface area contributed by atoms with Gasteiger partial charge in [0.2, 0.25) is 0 Å². The highest BCUT2D eigenvalue weighted by Gasteiger charge is 2.13. The Hall–Kier alpha value is -2.89. The van der Waals surface area contributed by atoms with Gasteiger partial charge in [-0.15, -0.1) is 0 Å². The third-order valence-corrected chi connectivity index (χ3v) is 2.66. The van der Waals surface area contributed by atoms with Gasteiger partial charge in [0, 0.05) is 6.07 Å². The fraction of sp³-hybridized carbons (Fsp3) is 0.0714. The third-order valence-electron chi connectivity index (χ3n) is 2.66. The molecule has 6 nitrogen and oxygen atoms in total. The van der Waals surface area contributed by atoms with Crippen LogP contribution in [0.1, 0.15) is 15.9 Å². The monoisotopic (exact) mass is 273 g/mol. The van der Waals surface area contributed by atoms with Crippen molar-refractivity contribution in [2.75, 3.05) is 0 Å². The second-order valence-corrected chi connectivity index (χ2v) is 4.02. The van der Waals surface area contributed by atoms with Crippen molar-refractivity contribution in [1.29, 1.82) is 0 Å². The van der Waals surface area contributed by atoms with E-state index in [1.807, 2.05) is 0 Å². The number of nitrogens with zero attached hydrogens (tertiary/aromatic N) is 1. The molecule has 0 fully saturated rings. The maximum Gasteiger partial charge on any atom is 0.335 e. The summed E-state index contributed by atoms with van der Waals surface area (Å²) in [7, 11) is 0. The summed E-state index contributed by atoms with van der Waals surface area (Å²) in [5, 5.41) is 19.6. The van der Waals surface area contributed by atoms with Crippen molar-refractivity contribution in [2.24, 2.45) is 0 Å². The van der Waals surface area contributed by atoms with E-state index in [0.29, 0.717) is 0 Å². The van der Waals surface area contributed by atoms with Crippen LogP contribution >= 0.6 is 0 Å². The molecule has 0 heterocycles. The van der Waals surface area contributed by atoms with Crippen LogP contribution in [0.2, 0.25) is 0 Å². The van der Waals surface area contributed by atoms with E-state index in [1.165, 1.54) is 24.3 Å². The van der Waals surface area contributed by atoms with Gasteiger partial charge in [-0.05, 0) is 23.8 Å². The number of ether oxygens (including phenoxy) is 1. The minimum absolute atomic E-state index is 0.102. The number of aromatic carboxylic acids is 1. The summed E-state index contributed by atoms with van der Waals surface area (Å²) >= 11 is 0. The molecule has 0 aliphatic carbocycles. The largest absolute Gasteiger partial charge is 0.482 e. The highest BCUT2D eigenvalue weighted by atomic mass is 16.6. The highest BCUT2D eigenvalue weighted by Crippen LogP contribution is 2.26. The fourth-order valence-electron chi connectivity index (χ4n) is 1.63. The van der Waals surface area contributed by atoms with Crippen LogP contribution in [0.3, 0.4) is 0 Å². The molecule has 1 N–H and O–H groups in total.